The third kappa shape index (κ3) is 2.78. The molecule has 0 amide bonds. The number of aldehydes is 1. The van der Waals surface area contributed by atoms with Crippen molar-refractivity contribution in [1.82, 2.24) is 0 Å². The molecule has 3 unspecified atom stereocenters. The average molecular weight is 310 g/mol. The third-order valence-electron chi connectivity index (χ3n) is 6.08. The van der Waals surface area contributed by atoms with E-state index in [0.717, 1.165) is 31.3 Å². The molecule has 0 N–H and O–H groups in total. The zero-order valence-electron chi connectivity index (χ0n) is 14.4. The van der Waals surface area contributed by atoms with Crippen LogP contribution < -0.4 is 4.74 Å². The molecule has 2 nitrogen and oxygen atoms in total. The summed E-state index contributed by atoms with van der Waals surface area (Å²) < 4.78 is 5.38. The van der Waals surface area contributed by atoms with E-state index >= 15 is 0 Å². The normalized spacial score (nSPS) is 32.0. The van der Waals surface area contributed by atoms with E-state index in [1.165, 1.54) is 17.5 Å². The van der Waals surface area contributed by atoms with Crippen molar-refractivity contribution in [1.29, 1.82) is 0 Å². The van der Waals surface area contributed by atoms with Crippen LogP contribution in [0.4, 0.5) is 0 Å². The number of methoxy groups -OCH3 is 1. The van der Waals surface area contributed by atoms with Gasteiger partial charge in [0.2, 0.25) is 0 Å². The minimum absolute atomic E-state index is 0.0131. The smallest absolute Gasteiger partial charge is 0.120 e. The molecule has 2 aliphatic carbocycles. The minimum Gasteiger partial charge on any atom is -0.497 e. The van der Waals surface area contributed by atoms with Crippen molar-refractivity contribution in [2.45, 2.75) is 51.9 Å². The van der Waals surface area contributed by atoms with Crippen LogP contribution in [0.15, 0.2) is 18.2 Å². The average Bonchev–Trinajstić information content (AvgIpc) is 2.57. The molecule has 23 heavy (non-hydrogen) atoms. The second-order valence-electron chi connectivity index (χ2n) is 7.21. The first-order chi connectivity index (χ1) is 11.1. The van der Waals surface area contributed by atoms with E-state index in [2.05, 4.69) is 37.0 Å². The van der Waals surface area contributed by atoms with Gasteiger partial charge in [0.15, 0.2) is 0 Å². The molecular weight excluding hydrogens is 284 g/mol. The van der Waals surface area contributed by atoms with E-state index in [1.54, 1.807) is 7.11 Å². The van der Waals surface area contributed by atoms with Crippen LogP contribution in [0.3, 0.4) is 0 Å². The lowest BCUT2D eigenvalue weighted by Crippen LogP contribution is -2.42. The van der Waals surface area contributed by atoms with Crippen molar-refractivity contribution in [3.05, 3.63) is 29.3 Å². The van der Waals surface area contributed by atoms with Gasteiger partial charge < -0.3 is 9.53 Å². The van der Waals surface area contributed by atoms with Gasteiger partial charge in [-0.05, 0) is 80.5 Å². The van der Waals surface area contributed by atoms with E-state index in [9.17, 15) is 4.79 Å². The monoisotopic (exact) mass is 310 g/mol. The number of carbonyl (C=O) groups is 1. The first-order valence-electron chi connectivity index (χ1n) is 8.67. The summed E-state index contributed by atoms with van der Waals surface area (Å²) in [5.41, 5.74) is 2.89. The first kappa shape index (κ1) is 16.1. The standard InChI is InChI=1S/C21H26O2/c1-4-11-21(2)12-9-18-17-8-6-16(23-3)14-15(17)5-7-19(18)20(21)10-13-22/h6,8,13-14,18-20H,5,7,9-10,12H2,1-3H3/t18?,19?,20?,21-/m0/s1. The van der Waals surface area contributed by atoms with Crippen molar-refractivity contribution in [3.8, 4) is 17.6 Å². The van der Waals surface area contributed by atoms with Crippen molar-refractivity contribution >= 4 is 6.29 Å². The molecule has 0 spiro atoms. The van der Waals surface area contributed by atoms with Gasteiger partial charge in [-0.15, -0.1) is 5.92 Å². The SMILES string of the molecule is CC#C[C@@]1(C)CCC2c3ccc(OC)cc3CCC2C1CC=O. The summed E-state index contributed by atoms with van der Waals surface area (Å²) in [6.45, 7) is 4.18. The fourth-order valence-corrected chi connectivity index (χ4v) is 4.99. The highest BCUT2D eigenvalue weighted by atomic mass is 16.5. The maximum Gasteiger partial charge on any atom is 0.120 e. The number of aryl methyl sites for hydroxylation is 1. The predicted octanol–water partition coefficient (Wildman–Crippen LogP) is 4.37. The quantitative estimate of drug-likeness (QED) is 0.612. The summed E-state index contributed by atoms with van der Waals surface area (Å²) >= 11 is 0. The summed E-state index contributed by atoms with van der Waals surface area (Å²) in [5, 5.41) is 0. The molecule has 0 bridgehead atoms. The molecule has 0 radical (unpaired) electrons. The van der Waals surface area contributed by atoms with E-state index < -0.39 is 0 Å². The highest BCUT2D eigenvalue weighted by Gasteiger charge is 2.47. The number of ether oxygens (including phenoxy) is 1. The second kappa shape index (κ2) is 6.40. The highest BCUT2D eigenvalue weighted by molar-refractivity contribution is 5.51. The van der Waals surface area contributed by atoms with Gasteiger partial charge in [0.1, 0.15) is 12.0 Å². The molecule has 0 aliphatic heterocycles. The largest absolute Gasteiger partial charge is 0.497 e. The fourth-order valence-electron chi connectivity index (χ4n) is 4.99. The lowest BCUT2D eigenvalue weighted by molar-refractivity contribution is -0.110. The molecular formula is C21H26O2. The first-order valence-corrected chi connectivity index (χ1v) is 8.67. The highest BCUT2D eigenvalue weighted by Crippen LogP contribution is 2.55. The summed E-state index contributed by atoms with van der Waals surface area (Å²) in [7, 11) is 1.73. The van der Waals surface area contributed by atoms with Gasteiger partial charge in [-0.1, -0.05) is 12.0 Å². The summed E-state index contributed by atoms with van der Waals surface area (Å²) in [6, 6.07) is 6.52. The Bertz CT molecular complexity index is 652. The van der Waals surface area contributed by atoms with Crippen LogP contribution in [-0.2, 0) is 11.2 Å². The minimum atomic E-state index is -0.0131. The second-order valence-corrected chi connectivity index (χ2v) is 7.21. The van der Waals surface area contributed by atoms with E-state index in [1.807, 2.05) is 6.92 Å². The zero-order valence-corrected chi connectivity index (χ0v) is 14.4. The Morgan fingerprint density at radius 3 is 2.91 bits per heavy atom. The molecule has 4 atom stereocenters. The molecule has 2 aliphatic rings. The van der Waals surface area contributed by atoms with Crippen molar-refractivity contribution in [2.75, 3.05) is 7.11 Å². The number of hydrogen-bond donors (Lipinski definition) is 0. The van der Waals surface area contributed by atoms with Crippen LogP contribution in [0.5, 0.6) is 5.75 Å². The van der Waals surface area contributed by atoms with Crippen LogP contribution in [0.2, 0.25) is 0 Å². The zero-order chi connectivity index (χ0) is 16.4. The summed E-state index contributed by atoms with van der Waals surface area (Å²) in [5.74, 6) is 9.02. The Labute approximate surface area is 139 Å². The molecule has 1 aromatic carbocycles. The molecule has 0 saturated heterocycles. The Kier molecular flexibility index (Phi) is 4.48. The summed E-state index contributed by atoms with van der Waals surface area (Å²) in [4.78, 5) is 11.3. The number of carbonyl (C=O) groups excluding carboxylic acids is 1. The molecule has 1 saturated carbocycles. The van der Waals surface area contributed by atoms with Gasteiger partial charge in [0.25, 0.3) is 0 Å². The number of fused-ring (bicyclic) bond motifs is 3. The predicted molar refractivity (Wildman–Crippen MR) is 92.5 cm³/mol. The van der Waals surface area contributed by atoms with Crippen LogP contribution in [0, 0.1) is 29.1 Å². The number of hydrogen-bond acceptors (Lipinski definition) is 2. The Hall–Kier alpha value is -1.75. The van der Waals surface area contributed by atoms with Gasteiger partial charge in [-0.3, -0.25) is 0 Å². The van der Waals surface area contributed by atoms with Gasteiger partial charge in [-0.25, -0.2) is 0 Å². The summed E-state index contributed by atoms with van der Waals surface area (Å²) in [6.07, 6.45) is 6.23. The Morgan fingerprint density at radius 1 is 1.39 bits per heavy atom. The van der Waals surface area contributed by atoms with Crippen LogP contribution >= 0.6 is 0 Å². The lowest BCUT2D eigenvalue weighted by Gasteiger charge is -2.49. The molecule has 1 fully saturated rings. The lowest BCUT2D eigenvalue weighted by atomic mass is 9.54. The van der Waals surface area contributed by atoms with Gasteiger partial charge in [0, 0.05) is 11.8 Å². The van der Waals surface area contributed by atoms with Gasteiger partial charge >= 0.3 is 0 Å². The van der Waals surface area contributed by atoms with Crippen molar-refractivity contribution in [2.24, 2.45) is 17.3 Å². The van der Waals surface area contributed by atoms with Crippen molar-refractivity contribution in [3.63, 3.8) is 0 Å². The van der Waals surface area contributed by atoms with E-state index in [4.69, 9.17) is 4.74 Å². The Morgan fingerprint density at radius 2 is 2.22 bits per heavy atom. The van der Waals surface area contributed by atoms with Gasteiger partial charge in [-0.2, -0.15) is 0 Å². The molecule has 0 aromatic heterocycles. The van der Waals surface area contributed by atoms with Crippen LogP contribution in [0.25, 0.3) is 0 Å². The molecule has 122 valence electrons. The molecule has 0 heterocycles. The van der Waals surface area contributed by atoms with Crippen LogP contribution in [0.1, 0.15) is 56.6 Å². The fraction of sp³-hybridized carbons (Fsp3) is 0.571. The topological polar surface area (TPSA) is 26.3 Å². The molecule has 1 aromatic rings. The molecule has 2 heteroatoms. The maximum atomic E-state index is 11.3. The van der Waals surface area contributed by atoms with Crippen molar-refractivity contribution < 1.29 is 9.53 Å². The van der Waals surface area contributed by atoms with Crippen LogP contribution in [-0.4, -0.2) is 13.4 Å². The van der Waals surface area contributed by atoms with E-state index in [0.29, 0.717) is 24.2 Å². The third-order valence-corrected chi connectivity index (χ3v) is 6.08. The molecule has 3 rings (SSSR count). The number of rotatable bonds is 3. The maximum absolute atomic E-state index is 11.3. The number of benzene rings is 1. The Balaban J connectivity index is 1.96. The van der Waals surface area contributed by atoms with E-state index in [-0.39, 0.29) is 5.41 Å². The van der Waals surface area contributed by atoms with Gasteiger partial charge in [0.05, 0.1) is 7.11 Å².